The molecule has 0 spiro atoms. The first-order chi connectivity index (χ1) is 8.00. The van der Waals surface area contributed by atoms with Crippen LogP contribution in [0.2, 0.25) is 15.1 Å². The Balaban J connectivity index is 2.43. The van der Waals surface area contributed by atoms with Gasteiger partial charge in [-0.05, 0) is 33.6 Å². The van der Waals surface area contributed by atoms with Crippen molar-refractivity contribution in [1.29, 1.82) is 0 Å². The smallest absolute Gasteiger partial charge is 0.0888 e. The lowest BCUT2D eigenvalue weighted by Gasteiger charge is -2.12. The fourth-order valence-electron chi connectivity index (χ4n) is 1.43. The van der Waals surface area contributed by atoms with Gasteiger partial charge in [0.15, 0.2) is 0 Å². The highest BCUT2D eigenvalue weighted by Gasteiger charge is 2.17. The Labute approximate surface area is 127 Å². The molecule has 0 saturated carbocycles. The van der Waals surface area contributed by atoms with Gasteiger partial charge in [0, 0.05) is 4.88 Å². The molecule has 0 aliphatic carbocycles. The molecular formula is C11H7BrCl3NS. The van der Waals surface area contributed by atoms with Gasteiger partial charge in [-0.1, -0.05) is 46.9 Å². The topological polar surface area (TPSA) is 26.0 Å². The fourth-order valence-corrected chi connectivity index (χ4v) is 3.62. The minimum Gasteiger partial charge on any atom is -0.320 e. The maximum atomic E-state index is 6.16. The van der Waals surface area contributed by atoms with Gasteiger partial charge in [-0.25, -0.2) is 0 Å². The molecule has 6 heteroatoms. The molecule has 1 atom stereocenters. The molecule has 1 nitrogen and oxygen atoms in total. The lowest BCUT2D eigenvalue weighted by molar-refractivity contribution is 0.894. The second kappa shape index (κ2) is 5.47. The minimum atomic E-state index is -0.324. The Morgan fingerprint density at radius 3 is 2.47 bits per heavy atom. The van der Waals surface area contributed by atoms with Gasteiger partial charge in [-0.3, -0.25) is 0 Å². The van der Waals surface area contributed by atoms with E-state index in [2.05, 4.69) is 15.9 Å². The van der Waals surface area contributed by atoms with Crippen LogP contribution in [0.4, 0.5) is 0 Å². The van der Waals surface area contributed by atoms with Gasteiger partial charge in [-0.15, -0.1) is 11.3 Å². The van der Waals surface area contributed by atoms with E-state index in [1.807, 2.05) is 18.2 Å². The molecule has 17 heavy (non-hydrogen) atoms. The summed E-state index contributed by atoms with van der Waals surface area (Å²) in [6, 6.07) is 6.93. The summed E-state index contributed by atoms with van der Waals surface area (Å²) in [5.74, 6) is 0. The van der Waals surface area contributed by atoms with Crippen molar-refractivity contribution in [3.8, 4) is 0 Å². The van der Waals surface area contributed by atoms with E-state index in [0.717, 1.165) is 14.2 Å². The third-order valence-corrected chi connectivity index (χ3v) is 5.68. The molecule has 2 rings (SSSR count). The number of rotatable bonds is 2. The molecule has 0 amide bonds. The van der Waals surface area contributed by atoms with E-state index >= 15 is 0 Å². The maximum absolute atomic E-state index is 6.16. The van der Waals surface area contributed by atoms with E-state index in [1.54, 1.807) is 6.07 Å². The molecule has 1 aromatic heterocycles. The average molecular weight is 372 g/mol. The molecule has 1 heterocycles. The summed E-state index contributed by atoms with van der Waals surface area (Å²) >= 11 is 22.9. The highest BCUT2D eigenvalue weighted by Crippen LogP contribution is 2.39. The van der Waals surface area contributed by atoms with Gasteiger partial charge in [0.05, 0.1) is 24.9 Å². The first-order valence-electron chi connectivity index (χ1n) is 4.65. The molecule has 0 saturated heterocycles. The summed E-state index contributed by atoms with van der Waals surface area (Å²) in [5.41, 5.74) is 6.95. The summed E-state index contributed by atoms with van der Waals surface area (Å²) < 4.78 is 0.864. The van der Waals surface area contributed by atoms with E-state index in [4.69, 9.17) is 40.5 Å². The van der Waals surface area contributed by atoms with E-state index < -0.39 is 0 Å². The second-order valence-electron chi connectivity index (χ2n) is 3.39. The lowest BCUT2D eigenvalue weighted by atomic mass is 10.1. The molecule has 1 aromatic carbocycles. The van der Waals surface area contributed by atoms with Crippen LogP contribution in [-0.2, 0) is 0 Å². The number of halogens is 4. The first kappa shape index (κ1) is 13.7. The van der Waals surface area contributed by atoms with Crippen LogP contribution in [0.5, 0.6) is 0 Å². The zero-order valence-electron chi connectivity index (χ0n) is 8.38. The number of hydrogen-bond acceptors (Lipinski definition) is 2. The van der Waals surface area contributed by atoms with E-state index in [0.29, 0.717) is 15.1 Å². The van der Waals surface area contributed by atoms with Crippen LogP contribution in [0.15, 0.2) is 28.1 Å². The Bertz CT molecular complexity index is 536. The van der Waals surface area contributed by atoms with E-state index in [-0.39, 0.29) is 6.04 Å². The maximum Gasteiger partial charge on any atom is 0.0888 e. The summed E-state index contributed by atoms with van der Waals surface area (Å²) in [7, 11) is 0. The molecule has 1 unspecified atom stereocenters. The number of thiophene rings is 1. The van der Waals surface area contributed by atoms with Crippen LogP contribution >= 0.6 is 62.1 Å². The third kappa shape index (κ3) is 2.80. The fraction of sp³-hybridized carbons (Fsp3) is 0.0909. The standard InChI is InChI=1S/C11H7BrCl3NS/c12-11-7(14)4-8(17-11)10(16)5-2-1-3-6(13)9(5)15/h1-4,10H,16H2. The van der Waals surface area contributed by atoms with Gasteiger partial charge < -0.3 is 5.73 Å². The SMILES string of the molecule is NC(c1cc(Cl)c(Br)s1)c1cccc(Cl)c1Cl. The summed E-state index contributed by atoms with van der Waals surface area (Å²) in [5, 5.41) is 1.64. The van der Waals surface area contributed by atoms with Gasteiger partial charge >= 0.3 is 0 Å². The number of hydrogen-bond donors (Lipinski definition) is 1. The van der Waals surface area contributed by atoms with Crippen molar-refractivity contribution >= 4 is 62.1 Å². The lowest BCUT2D eigenvalue weighted by Crippen LogP contribution is -2.10. The zero-order valence-corrected chi connectivity index (χ0v) is 13.1. The Morgan fingerprint density at radius 2 is 1.88 bits per heavy atom. The molecule has 2 N–H and O–H groups in total. The largest absolute Gasteiger partial charge is 0.320 e. The normalized spacial score (nSPS) is 12.8. The van der Waals surface area contributed by atoms with E-state index in [1.165, 1.54) is 11.3 Å². The van der Waals surface area contributed by atoms with E-state index in [9.17, 15) is 0 Å². The highest BCUT2D eigenvalue weighted by atomic mass is 79.9. The summed E-state index contributed by atoms with van der Waals surface area (Å²) in [6.07, 6.45) is 0. The van der Waals surface area contributed by atoms with Crippen LogP contribution in [0.1, 0.15) is 16.5 Å². The molecule has 2 aromatic rings. The van der Waals surface area contributed by atoms with Gasteiger partial charge in [-0.2, -0.15) is 0 Å². The monoisotopic (exact) mass is 369 g/mol. The molecule has 0 radical (unpaired) electrons. The molecule has 0 aliphatic heterocycles. The third-order valence-electron chi connectivity index (χ3n) is 2.29. The predicted molar refractivity (Wildman–Crippen MR) is 79.5 cm³/mol. The minimum absolute atomic E-state index is 0.324. The molecular weight excluding hydrogens is 364 g/mol. The molecule has 90 valence electrons. The number of nitrogens with two attached hydrogens (primary N) is 1. The van der Waals surface area contributed by atoms with Gasteiger partial charge in [0.2, 0.25) is 0 Å². The number of benzene rings is 1. The van der Waals surface area contributed by atoms with Gasteiger partial charge in [0.1, 0.15) is 0 Å². The highest BCUT2D eigenvalue weighted by molar-refractivity contribution is 9.11. The van der Waals surface area contributed by atoms with Crippen LogP contribution in [0, 0.1) is 0 Å². The van der Waals surface area contributed by atoms with Crippen LogP contribution in [0.25, 0.3) is 0 Å². The van der Waals surface area contributed by atoms with Crippen molar-refractivity contribution in [2.45, 2.75) is 6.04 Å². The average Bonchev–Trinajstić information content (AvgIpc) is 2.62. The van der Waals surface area contributed by atoms with Crippen molar-refractivity contribution < 1.29 is 0 Å². The Kier molecular flexibility index (Phi) is 4.40. The van der Waals surface area contributed by atoms with Crippen molar-refractivity contribution in [2.24, 2.45) is 5.73 Å². The van der Waals surface area contributed by atoms with Crippen LogP contribution in [-0.4, -0.2) is 0 Å². The zero-order chi connectivity index (χ0) is 12.6. The molecule has 0 fully saturated rings. The Morgan fingerprint density at radius 1 is 1.18 bits per heavy atom. The summed E-state index contributed by atoms with van der Waals surface area (Å²) in [4.78, 5) is 0.936. The molecule has 0 bridgehead atoms. The van der Waals surface area contributed by atoms with Crippen molar-refractivity contribution in [2.75, 3.05) is 0 Å². The molecule has 0 aliphatic rings. The van der Waals surface area contributed by atoms with Crippen molar-refractivity contribution in [3.05, 3.63) is 53.6 Å². The first-order valence-corrected chi connectivity index (χ1v) is 7.39. The predicted octanol–water partition coefficient (Wildman–Crippen LogP) is 5.52. The van der Waals surface area contributed by atoms with Crippen molar-refractivity contribution in [3.63, 3.8) is 0 Å². The van der Waals surface area contributed by atoms with Crippen LogP contribution in [0.3, 0.4) is 0 Å². The Hall–Kier alpha value is 0.230. The quantitative estimate of drug-likeness (QED) is 0.739. The second-order valence-corrected chi connectivity index (χ2v) is 6.99. The summed E-state index contributed by atoms with van der Waals surface area (Å²) in [6.45, 7) is 0. The van der Waals surface area contributed by atoms with Crippen LogP contribution < -0.4 is 5.73 Å². The van der Waals surface area contributed by atoms with Crippen molar-refractivity contribution in [1.82, 2.24) is 0 Å². The van der Waals surface area contributed by atoms with Gasteiger partial charge in [0.25, 0.3) is 0 Å².